The van der Waals surface area contributed by atoms with Crippen LogP contribution in [-0.4, -0.2) is 72.1 Å². The van der Waals surface area contributed by atoms with Gasteiger partial charge in [0.2, 0.25) is 5.91 Å². The second-order valence-corrected chi connectivity index (χ2v) is 5.55. The molecule has 8 nitrogen and oxygen atoms in total. The van der Waals surface area contributed by atoms with E-state index in [9.17, 15) is 14.4 Å². The fraction of sp³-hybridized carbons (Fsp3) is 0.769. The summed E-state index contributed by atoms with van der Waals surface area (Å²) >= 11 is 0. The van der Waals surface area contributed by atoms with Gasteiger partial charge in [0.05, 0.1) is 0 Å². The van der Waals surface area contributed by atoms with Crippen LogP contribution in [0.5, 0.6) is 0 Å². The largest absolute Gasteiger partial charge is 0.480 e. The Labute approximate surface area is 124 Å². The van der Waals surface area contributed by atoms with Crippen LogP contribution in [0.15, 0.2) is 0 Å². The fourth-order valence-electron chi connectivity index (χ4n) is 2.35. The summed E-state index contributed by atoms with van der Waals surface area (Å²) in [6.45, 7) is 1.18. The number of amides is 3. The quantitative estimate of drug-likeness (QED) is 0.608. The van der Waals surface area contributed by atoms with Crippen molar-refractivity contribution in [2.75, 3.05) is 27.2 Å². The molecule has 1 aliphatic rings. The van der Waals surface area contributed by atoms with Crippen molar-refractivity contribution in [1.29, 1.82) is 0 Å². The summed E-state index contributed by atoms with van der Waals surface area (Å²) in [5, 5.41) is 11.5. The molecule has 4 N–H and O–H groups in total. The number of carboxylic acid groups (broad SMARTS) is 1. The molecule has 0 aromatic heterocycles. The van der Waals surface area contributed by atoms with E-state index in [1.54, 1.807) is 4.90 Å². The van der Waals surface area contributed by atoms with Crippen molar-refractivity contribution in [3.05, 3.63) is 0 Å². The Hall–Kier alpha value is -1.83. The molecule has 0 saturated carbocycles. The Morgan fingerprint density at radius 1 is 1.43 bits per heavy atom. The van der Waals surface area contributed by atoms with Gasteiger partial charge in [-0.25, -0.2) is 9.59 Å². The van der Waals surface area contributed by atoms with Crippen LogP contribution in [-0.2, 0) is 9.59 Å². The number of carboxylic acids is 1. The molecule has 120 valence electrons. The summed E-state index contributed by atoms with van der Waals surface area (Å²) in [6.07, 6.45) is 1.83. The fourth-order valence-corrected chi connectivity index (χ4v) is 2.35. The highest BCUT2D eigenvalue weighted by Crippen LogP contribution is 2.14. The lowest BCUT2D eigenvalue weighted by molar-refractivity contribution is -0.139. The van der Waals surface area contributed by atoms with Crippen LogP contribution in [0.25, 0.3) is 0 Å². The number of hydrogen-bond acceptors (Lipinski definition) is 4. The molecule has 21 heavy (non-hydrogen) atoms. The minimum atomic E-state index is -1.16. The molecule has 0 bridgehead atoms. The second kappa shape index (κ2) is 7.82. The van der Waals surface area contributed by atoms with Crippen molar-refractivity contribution in [2.45, 2.75) is 37.8 Å². The van der Waals surface area contributed by atoms with Gasteiger partial charge in [0.15, 0.2) is 0 Å². The molecule has 1 saturated heterocycles. The maximum Gasteiger partial charge on any atom is 0.326 e. The van der Waals surface area contributed by atoms with Crippen LogP contribution in [0.1, 0.15) is 25.7 Å². The molecular formula is C13H24N4O4. The molecule has 1 heterocycles. The number of nitrogens with two attached hydrogens (primary N) is 1. The van der Waals surface area contributed by atoms with E-state index in [-0.39, 0.29) is 18.9 Å². The first-order valence-corrected chi connectivity index (χ1v) is 7.04. The van der Waals surface area contributed by atoms with Gasteiger partial charge in [0, 0.05) is 25.6 Å². The number of carbonyl (C=O) groups is 3. The van der Waals surface area contributed by atoms with E-state index >= 15 is 0 Å². The zero-order valence-corrected chi connectivity index (χ0v) is 12.5. The Bertz CT molecular complexity index is 400. The Morgan fingerprint density at radius 2 is 2.10 bits per heavy atom. The Kier molecular flexibility index (Phi) is 6.41. The number of carbonyl (C=O) groups excluding carboxylic acids is 2. The average Bonchev–Trinajstić information content (AvgIpc) is 2.42. The monoisotopic (exact) mass is 300 g/mol. The average molecular weight is 300 g/mol. The van der Waals surface area contributed by atoms with Crippen molar-refractivity contribution in [2.24, 2.45) is 5.73 Å². The summed E-state index contributed by atoms with van der Waals surface area (Å²) in [6, 6.07) is -1.22. The Morgan fingerprint density at radius 3 is 2.62 bits per heavy atom. The maximum absolute atomic E-state index is 12.1. The van der Waals surface area contributed by atoms with Crippen LogP contribution in [0.2, 0.25) is 0 Å². The minimum absolute atomic E-state index is 0.00135. The van der Waals surface area contributed by atoms with Crippen molar-refractivity contribution in [3.63, 3.8) is 0 Å². The van der Waals surface area contributed by atoms with E-state index in [0.717, 1.165) is 12.8 Å². The van der Waals surface area contributed by atoms with Crippen LogP contribution in [0.3, 0.4) is 0 Å². The van der Waals surface area contributed by atoms with Crippen molar-refractivity contribution < 1.29 is 19.5 Å². The number of aliphatic carboxylic acids is 1. The van der Waals surface area contributed by atoms with Gasteiger partial charge in [-0.2, -0.15) is 0 Å². The summed E-state index contributed by atoms with van der Waals surface area (Å²) in [7, 11) is 3.91. The summed E-state index contributed by atoms with van der Waals surface area (Å²) in [5.74, 6) is -1.74. The van der Waals surface area contributed by atoms with Crippen LogP contribution < -0.4 is 11.1 Å². The lowest BCUT2D eigenvalue weighted by Crippen LogP contribution is -2.53. The predicted molar refractivity (Wildman–Crippen MR) is 76.7 cm³/mol. The molecule has 0 spiro atoms. The summed E-state index contributed by atoms with van der Waals surface area (Å²) in [5.41, 5.74) is 5.01. The normalized spacial score (nSPS) is 20.1. The first-order chi connectivity index (χ1) is 9.81. The highest BCUT2D eigenvalue weighted by atomic mass is 16.4. The van der Waals surface area contributed by atoms with Gasteiger partial charge in [-0.05, 0) is 33.4 Å². The van der Waals surface area contributed by atoms with E-state index in [2.05, 4.69) is 10.2 Å². The van der Waals surface area contributed by atoms with Gasteiger partial charge >= 0.3 is 12.0 Å². The highest BCUT2D eigenvalue weighted by Gasteiger charge is 2.28. The van der Waals surface area contributed by atoms with E-state index in [1.165, 1.54) is 0 Å². The number of nitrogens with one attached hydrogen (secondary N) is 1. The van der Waals surface area contributed by atoms with Gasteiger partial charge < -0.3 is 26.0 Å². The van der Waals surface area contributed by atoms with Gasteiger partial charge in [0.1, 0.15) is 6.04 Å². The first-order valence-electron chi connectivity index (χ1n) is 7.04. The zero-order valence-electron chi connectivity index (χ0n) is 12.5. The van der Waals surface area contributed by atoms with Gasteiger partial charge in [0.25, 0.3) is 0 Å². The number of primary amides is 1. The Balaban J connectivity index is 2.56. The van der Waals surface area contributed by atoms with Crippen molar-refractivity contribution >= 4 is 17.9 Å². The van der Waals surface area contributed by atoms with E-state index in [0.29, 0.717) is 13.1 Å². The molecule has 1 rings (SSSR count). The zero-order chi connectivity index (χ0) is 16.0. The third-order valence-electron chi connectivity index (χ3n) is 3.69. The number of hydrogen-bond donors (Lipinski definition) is 3. The smallest absolute Gasteiger partial charge is 0.326 e. The molecule has 1 unspecified atom stereocenters. The van der Waals surface area contributed by atoms with Crippen LogP contribution in [0, 0.1) is 0 Å². The van der Waals surface area contributed by atoms with E-state index in [4.69, 9.17) is 10.8 Å². The van der Waals surface area contributed by atoms with Gasteiger partial charge in [-0.15, -0.1) is 0 Å². The van der Waals surface area contributed by atoms with Crippen LogP contribution >= 0.6 is 0 Å². The number of likely N-dealkylation sites (N-methyl/N-ethyl adjacent to an activating group) is 1. The highest BCUT2D eigenvalue weighted by molar-refractivity contribution is 5.83. The molecule has 1 fully saturated rings. The predicted octanol–water partition coefficient (Wildman–Crippen LogP) is -0.559. The van der Waals surface area contributed by atoms with E-state index < -0.39 is 23.9 Å². The van der Waals surface area contributed by atoms with Crippen molar-refractivity contribution in [1.82, 2.24) is 15.1 Å². The number of urea groups is 1. The molecule has 2 atom stereocenters. The topological polar surface area (TPSA) is 116 Å². The first kappa shape index (κ1) is 17.2. The molecular weight excluding hydrogens is 276 g/mol. The minimum Gasteiger partial charge on any atom is -0.480 e. The number of likely N-dealkylation sites (tertiary alicyclic amines) is 1. The standard InChI is InChI=1S/C13H24N4O4/c1-16(2)9-4-3-7-17(8-9)13(21)15-10(12(19)20)5-6-11(14)18/h9-10H,3-8H2,1-2H3,(H2,14,18)(H,15,21)(H,19,20)/t9?,10-/m1/s1. The molecule has 0 aliphatic carbocycles. The molecule has 0 aromatic rings. The number of nitrogens with zero attached hydrogens (tertiary/aromatic N) is 2. The molecule has 3 amide bonds. The molecule has 8 heteroatoms. The van der Waals surface area contributed by atoms with Gasteiger partial charge in [-0.3, -0.25) is 4.79 Å². The third kappa shape index (κ3) is 5.58. The SMILES string of the molecule is CN(C)C1CCCN(C(=O)N[C@H](CCC(N)=O)C(=O)O)C1. The summed E-state index contributed by atoms with van der Waals surface area (Å²) in [4.78, 5) is 37.7. The summed E-state index contributed by atoms with van der Waals surface area (Å²) < 4.78 is 0. The van der Waals surface area contributed by atoms with E-state index in [1.807, 2.05) is 14.1 Å². The lowest BCUT2D eigenvalue weighted by atomic mass is 10.1. The number of piperidine rings is 1. The molecule has 1 aliphatic heterocycles. The number of rotatable bonds is 6. The molecule has 0 radical (unpaired) electrons. The third-order valence-corrected chi connectivity index (χ3v) is 3.69. The van der Waals surface area contributed by atoms with Crippen LogP contribution in [0.4, 0.5) is 4.79 Å². The second-order valence-electron chi connectivity index (χ2n) is 5.55. The van der Waals surface area contributed by atoms with Gasteiger partial charge in [-0.1, -0.05) is 0 Å². The maximum atomic E-state index is 12.1. The van der Waals surface area contributed by atoms with Crippen molar-refractivity contribution in [3.8, 4) is 0 Å². The molecule has 0 aromatic carbocycles. The lowest BCUT2D eigenvalue weighted by Gasteiger charge is -2.36.